The van der Waals surface area contributed by atoms with Crippen LogP contribution in [0.5, 0.6) is 0 Å². The summed E-state index contributed by atoms with van der Waals surface area (Å²) in [5.41, 5.74) is -0.739. The normalized spacial score (nSPS) is 30.1. The third kappa shape index (κ3) is 2.51. The fraction of sp³-hybridized carbons (Fsp3) is 0.800. The van der Waals surface area contributed by atoms with Crippen LogP contribution in [-0.4, -0.2) is 45.2 Å². The van der Waals surface area contributed by atoms with Crippen LogP contribution in [0, 0.1) is 0 Å². The van der Waals surface area contributed by atoms with Gasteiger partial charge in [0.05, 0.1) is 0 Å². The predicted molar refractivity (Wildman–Crippen MR) is 53.8 cm³/mol. The van der Waals surface area contributed by atoms with Gasteiger partial charge in [0.1, 0.15) is 12.1 Å². The van der Waals surface area contributed by atoms with E-state index in [0.717, 1.165) is 0 Å². The van der Waals surface area contributed by atoms with Crippen molar-refractivity contribution < 1.29 is 29.3 Å². The van der Waals surface area contributed by atoms with Gasteiger partial charge in [-0.15, -0.1) is 0 Å². The van der Waals surface area contributed by atoms with Crippen LogP contribution in [0.3, 0.4) is 0 Å². The van der Waals surface area contributed by atoms with Gasteiger partial charge in [0, 0.05) is 12.8 Å². The monoisotopic (exact) mass is 232 g/mol. The molecule has 0 aromatic carbocycles. The maximum Gasteiger partial charge on any atom is 0.550 e. The van der Waals surface area contributed by atoms with Gasteiger partial charge in [0.2, 0.25) is 6.04 Å². The van der Waals surface area contributed by atoms with Gasteiger partial charge in [0.15, 0.2) is 0 Å². The first-order valence-electron chi connectivity index (χ1n) is 5.24. The Labute approximate surface area is 94.0 Å². The van der Waals surface area contributed by atoms with E-state index in [1.165, 1.54) is 0 Å². The summed E-state index contributed by atoms with van der Waals surface area (Å²) in [6.07, 6.45) is -0.116. The SMILES string of the molecule is CC(C)(C)OC(=O)[N@@+]1(O)CCC[C@@H]1C(=O)O. The summed E-state index contributed by atoms with van der Waals surface area (Å²) in [6.45, 7) is 5.10. The van der Waals surface area contributed by atoms with Crippen LogP contribution in [0.2, 0.25) is 0 Å². The molecule has 0 bridgehead atoms. The first-order valence-corrected chi connectivity index (χ1v) is 5.24. The van der Waals surface area contributed by atoms with Gasteiger partial charge < -0.3 is 9.84 Å². The number of quaternary nitrogens is 1. The highest BCUT2D eigenvalue weighted by Gasteiger charge is 2.55. The Morgan fingerprint density at radius 3 is 2.38 bits per heavy atom. The molecule has 1 aliphatic rings. The lowest BCUT2D eigenvalue weighted by atomic mass is 10.2. The number of nitrogens with zero attached hydrogens (tertiary/aromatic N) is 1. The number of carbonyl (C=O) groups excluding carboxylic acids is 1. The van der Waals surface area contributed by atoms with E-state index in [9.17, 15) is 14.8 Å². The van der Waals surface area contributed by atoms with Crippen LogP contribution in [0.25, 0.3) is 0 Å². The van der Waals surface area contributed by atoms with Gasteiger partial charge in [-0.25, -0.2) is 10.0 Å². The minimum Gasteiger partial charge on any atom is -0.477 e. The molecule has 92 valence electrons. The van der Waals surface area contributed by atoms with Crippen LogP contribution >= 0.6 is 0 Å². The smallest absolute Gasteiger partial charge is 0.477 e. The summed E-state index contributed by atoms with van der Waals surface area (Å²) in [7, 11) is 0. The molecule has 1 fully saturated rings. The van der Waals surface area contributed by atoms with Crippen molar-refractivity contribution in [2.75, 3.05) is 6.54 Å². The average Bonchev–Trinajstić information content (AvgIpc) is 2.45. The molecule has 2 atom stereocenters. The summed E-state index contributed by atoms with van der Waals surface area (Å²) in [6, 6.07) is -1.12. The van der Waals surface area contributed by atoms with E-state index in [1.807, 2.05) is 0 Å². The zero-order valence-electron chi connectivity index (χ0n) is 9.77. The third-order valence-electron chi connectivity index (χ3n) is 2.49. The Balaban J connectivity index is 2.84. The Hall–Kier alpha value is -1.14. The summed E-state index contributed by atoms with van der Waals surface area (Å²) >= 11 is 0. The van der Waals surface area contributed by atoms with E-state index in [2.05, 4.69) is 0 Å². The lowest BCUT2D eigenvalue weighted by Crippen LogP contribution is -2.57. The molecule has 1 saturated heterocycles. The Bertz CT molecular complexity index is 309. The molecular weight excluding hydrogens is 214 g/mol. The first-order chi connectivity index (χ1) is 7.17. The molecule has 1 rings (SSSR count). The Morgan fingerprint density at radius 1 is 1.38 bits per heavy atom. The maximum atomic E-state index is 11.7. The lowest BCUT2D eigenvalue weighted by molar-refractivity contribution is -1.05. The zero-order valence-corrected chi connectivity index (χ0v) is 9.77. The third-order valence-corrected chi connectivity index (χ3v) is 2.49. The van der Waals surface area contributed by atoms with Crippen LogP contribution in [0.15, 0.2) is 0 Å². The van der Waals surface area contributed by atoms with Crippen molar-refractivity contribution in [1.82, 2.24) is 0 Å². The minimum atomic E-state index is -1.18. The van der Waals surface area contributed by atoms with E-state index in [4.69, 9.17) is 9.84 Å². The van der Waals surface area contributed by atoms with E-state index in [-0.39, 0.29) is 13.0 Å². The van der Waals surface area contributed by atoms with Gasteiger partial charge >= 0.3 is 12.1 Å². The molecule has 0 aromatic rings. The molecule has 1 aliphatic heterocycles. The number of aliphatic carboxylic acids is 1. The molecule has 0 aliphatic carbocycles. The van der Waals surface area contributed by atoms with E-state index < -0.39 is 28.4 Å². The van der Waals surface area contributed by atoms with Crippen molar-refractivity contribution in [3.63, 3.8) is 0 Å². The number of hydrogen-bond acceptors (Lipinski definition) is 4. The number of hydrogen-bond donors (Lipinski definition) is 2. The highest BCUT2D eigenvalue weighted by Crippen LogP contribution is 2.27. The van der Waals surface area contributed by atoms with Crippen molar-refractivity contribution in [1.29, 1.82) is 0 Å². The van der Waals surface area contributed by atoms with Gasteiger partial charge in [0.25, 0.3) is 0 Å². The number of amides is 1. The van der Waals surface area contributed by atoms with Gasteiger partial charge in [-0.05, 0) is 20.8 Å². The maximum absolute atomic E-state index is 11.7. The molecule has 0 saturated carbocycles. The predicted octanol–water partition coefficient (Wildman–Crippen LogP) is 1.37. The number of carboxylic acids is 1. The average molecular weight is 232 g/mol. The molecule has 0 spiro atoms. The van der Waals surface area contributed by atoms with E-state index in [0.29, 0.717) is 6.42 Å². The number of carboxylic acid groups (broad SMARTS) is 1. The second-order valence-electron chi connectivity index (χ2n) is 5.03. The molecule has 0 radical (unpaired) electrons. The van der Waals surface area contributed by atoms with Crippen molar-refractivity contribution in [3.05, 3.63) is 0 Å². The summed E-state index contributed by atoms with van der Waals surface area (Å²) in [5.74, 6) is -1.18. The van der Waals surface area contributed by atoms with Crippen LogP contribution in [0.1, 0.15) is 33.6 Å². The number of carbonyl (C=O) groups is 2. The van der Waals surface area contributed by atoms with Gasteiger partial charge in [-0.1, -0.05) is 4.65 Å². The highest BCUT2D eigenvalue weighted by atomic mass is 16.7. The van der Waals surface area contributed by atoms with Gasteiger partial charge in [-0.2, -0.15) is 4.79 Å². The molecule has 6 nitrogen and oxygen atoms in total. The van der Waals surface area contributed by atoms with Crippen LogP contribution in [0.4, 0.5) is 4.79 Å². The zero-order chi connectivity index (χ0) is 12.6. The molecule has 0 aromatic heterocycles. The number of hydroxylamine groups is 3. The second kappa shape index (κ2) is 4.03. The topological polar surface area (TPSA) is 83.8 Å². The van der Waals surface area contributed by atoms with Crippen molar-refractivity contribution in [2.45, 2.75) is 45.3 Å². The number of ether oxygens (including phenoxy) is 1. The Morgan fingerprint density at radius 2 is 1.94 bits per heavy atom. The molecule has 6 heteroatoms. The largest absolute Gasteiger partial charge is 0.550 e. The van der Waals surface area contributed by atoms with E-state index in [1.54, 1.807) is 20.8 Å². The molecule has 1 heterocycles. The van der Waals surface area contributed by atoms with Crippen molar-refractivity contribution in [3.8, 4) is 0 Å². The fourth-order valence-electron chi connectivity index (χ4n) is 1.76. The molecule has 1 amide bonds. The fourth-order valence-corrected chi connectivity index (χ4v) is 1.76. The molecular formula is C10H18NO5+. The van der Waals surface area contributed by atoms with Gasteiger partial charge in [-0.3, -0.25) is 0 Å². The Kier molecular flexibility index (Phi) is 3.25. The number of rotatable bonds is 1. The molecule has 16 heavy (non-hydrogen) atoms. The summed E-state index contributed by atoms with van der Waals surface area (Å²) < 4.78 is 3.88. The lowest BCUT2D eigenvalue weighted by Gasteiger charge is -2.28. The van der Waals surface area contributed by atoms with E-state index >= 15 is 0 Å². The standard InChI is InChI=1S/C10H17NO5/c1-10(2,3)16-9(14)11(15)6-4-5-7(11)8(12)13/h7,15H,4-6H2,1-3H3/p+1/t7-,11-/m1/s1. The molecule has 2 N–H and O–H groups in total. The first kappa shape index (κ1) is 12.9. The second-order valence-corrected chi connectivity index (χ2v) is 5.03. The summed E-state index contributed by atoms with van der Waals surface area (Å²) in [4.78, 5) is 22.6. The van der Waals surface area contributed by atoms with Crippen LogP contribution in [-0.2, 0) is 9.53 Å². The van der Waals surface area contributed by atoms with Crippen molar-refractivity contribution in [2.24, 2.45) is 0 Å². The quantitative estimate of drug-likeness (QED) is 0.527. The van der Waals surface area contributed by atoms with Crippen LogP contribution < -0.4 is 0 Å². The molecule has 0 unspecified atom stereocenters. The van der Waals surface area contributed by atoms with Crippen molar-refractivity contribution >= 4 is 12.1 Å². The summed E-state index contributed by atoms with van der Waals surface area (Å²) in [5, 5.41) is 18.9. The number of likely N-dealkylation sites (tertiary alicyclic amines) is 1. The highest BCUT2D eigenvalue weighted by molar-refractivity contribution is 5.75. The minimum absolute atomic E-state index is 0.0892.